The highest BCUT2D eigenvalue weighted by molar-refractivity contribution is 6.30. The molecule has 0 aliphatic heterocycles. The molecule has 0 saturated heterocycles. The fourth-order valence-electron chi connectivity index (χ4n) is 3.33. The number of likely N-dealkylation sites (N-methyl/N-ethyl adjacent to an activating group) is 1. The molecule has 0 radical (unpaired) electrons. The van der Waals surface area contributed by atoms with Crippen molar-refractivity contribution in [3.05, 3.63) is 34.9 Å². The first kappa shape index (κ1) is 15.8. The summed E-state index contributed by atoms with van der Waals surface area (Å²) in [5.41, 5.74) is 1.18. The minimum atomic E-state index is -0.0870. The van der Waals surface area contributed by atoms with Gasteiger partial charge in [-0.15, -0.1) is 0 Å². The molecule has 1 aliphatic carbocycles. The van der Waals surface area contributed by atoms with E-state index in [1.54, 1.807) is 0 Å². The summed E-state index contributed by atoms with van der Waals surface area (Å²) in [6.07, 6.45) is 4.71. The van der Waals surface area contributed by atoms with E-state index < -0.39 is 0 Å². The second kappa shape index (κ2) is 6.93. The summed E-state index contributed by atoms with van der Waals surface area (Å²) in [6, 6.07) is 8.41. The number of halogens is 1. The third kappa shape index (κ3) is 3.36. The van der Waals surface area contributed by atoms with E-state index in [1.165, 1.54) is 18.4 Å². The summed E-state index contributed by atoms with van der Waals surface area (Å²) in [7, 11) is 1.86. The number of methoxy groups -OCH3 is 1. The maximum absolute atomic E-state index is 6.03. The highest BCUT2D eigenvalue weighted by atomic mass is 35.5. The van der Waals surface area contributed by atoms with Crippen LogP contribution in [0.25, 0.3) is 0 Å². The van der Waals surface area contributed by atoms with Crippen LogP contribution in [0.2, 0.25) is 5.02 Å². The Kier molecular flexibility index (Phi) is 5.48. The largest absolute Gasteiger partial charge is 0.376 e. The topological polar surface area (TPSA) is 21.3 Å². The Balaban J connectivity index is 2.27. The molecule has 1 aromatic rings. The summed E-state index contributed by atoms with van der Waals surface area (Å²) in [5, 5.41) is 4.41. The Morgan fingerprint density at radius 2 is 1.90 bits per heavy atom. The number of hydrogen-bond donors (Lipinski definition) is 1. The van der Waals surface area contributed by atoms with Gasteiger partial charge in [0.1, 0.15) is 0 Å². The van der Waals surface area contributed by atoms with Crippen LogP contribution in [0.1, 0.15) is 51.1 Å². The third-order valence-corrected chi connectivity index (χ3v) is 4.92. The van der Waals surface area contributed by atoms with E-state index in [0.717, 1.165) is 30.3 Å². The maximum Gasteiger partial charge on any atom is 0.0872 e. The van der Waals surface area contributed by atoms with Crippen molar-refractivity contribution in [3.8, 4) is 0 Å². The summed E-state index contributed by atoms with van der Waals surface area (Å²) in [4.78, 5) is 0. The van der Waals surface area contributed by atoms with E-state index in [4.69, 9.17) is 16.3 Å². The molecule has 0 bridgehead atoms. The number of hydrogen-bond acceptors (Lipinski definition) is 2. The second-order valence-electron chi connectivity index (χ2n) is 5.99. The lowest BCUT2D eigenvalue weighted by atomic mass is 9.73. The van der Waals surface area contributed by atoms with Crippen LogP contribution in [-0.4, -0.2) is 19.3 Å². The molecule has 0 spiro atoms. The quantitative estimate of drug-likeness (QED) is 0.858. The number of benzene rings is 1. The van der Waals surface area contributed by atoms with Crippen molar-refractivity contribution in [1.29, 1.82) is 0 Å². The molecule has 3 heteroatoms. The third-order valence-electron chi connectivity index (χ3n) is 4.66. The number of rotatable bonds is 5. The molecule has 0 amide bonds. The molecule has 1 unspecified atom stereocenters. The Morgan fingerprint density at radius 3 is 2.40 bits per heavy atom. The smallest absolute Gasteiger partial charge is 0.0872 e. The summed E-state index contributed by atoms with van der Waals surface area (Å²) in [5.74, 6) is 0.811. The van der Waals surface area contributed by atoms with Gasteiger partial charge < -0.3 is 10.1 Å². The van der Waals surface area contributed by atoms with Crippen molar-refractivity contribution in [3.63, 3.8) is 0 Å². The average molecular weight is 296 g/mol. The van der Waals surface area contributed by atoms with Gasteiger partial charge in [0.2, 0.25) is 0 Å². The van der Waals surface area contributed by atoms with E-state index in [1.807, 2.05) is 19.2 Å². The molecular formula is C17H26ClNO. The Morgan fingerprint density at radius 1 is 1.30 bits per heavy atom. The lowest BCUT2D eigenvalue weighted by molar-refractivity contribution is -0.0757. The van der Waals surface area contributed by atoms with Gasteiger partial charge in [0.25, 0.3) is 0 Å². The zero-order valence-electron chi connectivity index (χ0n) is 12.8. The van der Waals surface area contributed by atoms with Gasteiger partial charge in [-0.3, -0.25) is 0 Å². The molecule has 2 nitrogen and oxygen atoms in total. The molecule has 1 aromatic carbocycles. The van der Waals surface area contributed by atoms with Crippen molar-refractivity contribution in [2.24, 2.45) is 5.92 Å². The average Bonchev–Trinajstić information content (AvgIpc) is 2.47. The van der Waals surface area contributed by atoms with Crippen LogP contribution >= 0.6 is 11.6 Å². The van der Waals surface area contributed by atoms with Gasteiger partial charge in [-0.25, -0.2) is 0 Å². The number of nitrogens with one attached hydrogen (secondary N) is 1. The summed E-state index contributed by atoms with van der Waals surface area (Å²) in [6.45, 7) is 5.43. The molecule has 1 atom stereocenters. The predicted molar refractivity (Wildman–Crippen MR) is 85.2 cm³/mol. The lowest BCUT2D eigenvalue weighted by Crippen LogP contribution is -2.47. The van der Waals surface area contributed by atoms with Gasteiger partial charge >= 0.3 is 0 Å². The van der Waals surface area contributed by atoms with Gasteiger partial charge in [0.15, 0.2) is 0 Å². The van der Waals surface area contributed by atoms with E-state index >= 15 is 0 Å². The van der Waals surface area contributed by atoms with E-state index in [2.05, 4.69) is 31.3 Å². The first-order valence-electron chi connectivity index (χ1n) is 7.65. The van der Waals surface area contributed by atoms with E-state index in [0.29, 0.717) is 0 Å². The molecule has 0 aromatic heterocycles. The van der Waals surface area contributed by atoms with Crippen molar-refractivity contribution >= 4 is 11.6 Å². The normalized spacial score (nSPS) is 28.3. The molecule has 0 heterocycles. The lowest BCUT2D eigenvalue weighted by Gasteiger charge is -2.44. The predicted octanol–water partition coefficient (Wildman–Crippen LogP) is 4.59. The van der Waals surface area contributed by atoms with Gasteiger partial charge in [-0.1, -0.05) is 37.6 Å². The first-order valence-corrected chi connectivity index (χ1v) is 8.03. The van der Waals surface area contributed by atoms with Crippen LogP contribution in [-0.2, 0) is 4.74 Å². The van der Waals surface area contributed by atoms with Crippen molar-refractivity contribution in [1.82, 2.24) is 5.32 Å². The minimum Gasteiger partial charge on any atom is -0.376 e. The van der Waals surface area contributed by atoms with Crippen molar-refractivity contribution in [2.75, 3.05) is 13.7 Å². The maximum atomic E-state index is 6.03. The second-order valence-corrected chi connectivity index (χ2v) is 6.43. The summed E-state index contributed by atoms with van der Waals surface area (Å²) >= 11 is 6.02. The number of ether oxygens (including phenoxy) is 1. The van der Waals surface area contributed by atoms with Gasteiger partial charge in [-0.05, 0) is 55.8 Å². The Hall–Kier alpha value is -0.570. The van der Waals surface area contributed by atoms with Crippen LogP contribution in [0, 0.1) is 5.92 Å². The van der Waals surface area contributed by atoms with Crippen LogP contribution in [0.4, 0.5) is 0 Å². The molecule has 1 N–H and O–H groups in total. The molecule has 1 saturated carbocycles. The molecule has 112 valence electrons. The summed E-state index contributed by atoms with van der Waals surface area (Å²) < 4.78 is 6.03. The van der Waals surface area contributed by atoms with Crippen LogP contribution in [0.15, 0.2) is 24.3 Å². The SMILES string of the molecule is CCNC(c1ccc(Cl)cc1)C1(OC)CCC(C)CC1. The van der Waals surface area contributed by atoms with Crippen LogP contribution in [0.3, 0.4) is 0 Å². The van der Waals surface area contributed by atoms with Crippen molar-refractivity contribution in [2.45, 2.75) is 51.2 Å². The zero-order chi connectivity index (χ0) is 14.6. The van der Waals surface area contributed by atoms with E-state index in [-0.39, 0.29) is 11.6 Å². The first-order chi connectivity index (χ1) is 9.61. The fourth-order valence-corrected chi connectivity index (χ4v) is 3.45. The monoisotopic (exact) mass is 295 g/mol. The highest BCUT2D eigenvalue weighted by Gasteiger charge is 2.41. The molecular weight excluding hydrogens is 270 g/mol. The fraction of sp³-hybridized carbons (Fsp3) is 0.647. The molecule has 1 fully saturated rings. The minimum absolute atomic E-state index is 0.0870. The standard InChI is InChI=1S/C17H26ClNO/c1-4-19-16(14-5-7-15(18)8-6-14)17(20-3)11-9-13(2)10-12-17/h5-8,13,16,19H,4,9-12H2,1-3H3. The molecule has 1 aliphatic rings. The zero-order valence-corrected chi connectivity index (χ0v) is 13.5. The highest BCUT2D eigenvalue weighted by Crippen LogP contribution is 2.43. The Bertz CT molecular complexity index is 410. The molecule has 2 rings (SSSR count). The van der Waals surface area contributed by atoms with E-state index in [9.17, 15) is 0 Å². The van der Waals surface area contributed by atoms with Crippen LogP contribution < -0.4 is 5.32 Å². The van der Waals surface area contributed by atoms with Gasteiger partial charge in [0, 0.05) is 12.1 Å². The van der Waals surface area contributed by atoms with Crippen LogP contribution in [0.5, 0.6) is 0 Å². The van der Waals surface area contributed by atoms with Gasteiger partial charge in [0.05, 0.1) is 11.6 Å². The van der Waals surface area contributed by atoms with Crippen molar-refractivity contribution < 1.29 is 4.74 Å². The molecule has 20 heavy (non-hydrogen) atoms. The van der Waals surface area contributed by atoms with Gasteiger partial charge in [-0.2, -0.15) is 0 Å². The Labute approximate surface area is 127 Å².